The Balaban J connectivity index is 2.09. The zero-order valence-electron chi connectivity index (χ0n) is 9.56. The van der Waals surface area contributed by atoms with Crippen LogP contribution in [-0.2, 0) is 0 Å². The van der Waals surface area contributed by atoms with Gasteiger partial charge in [0.1, 0.15) is 0 Å². The summed E-state index contributed by atoms with van der Waals surface area (Å²) >= 11 is 0. The quantitative estimate of drug-likeness (QED) is 0.731. The van der Waals surface area contributed by atoms with E-state index in [0.29, 0.717) is 5.92 Å². The number of aromatic carboxylic acids is 1. The maximum absolute atomic E-state index is 11.9. The maximum atomic E-state index is 11.9. The Kier molecular flexibility index (Phi) is 3.12. The maximum Gasteiger partial charge on any atom is 0.354 e. The van der Waals surface area contributed by atoms with E-state index in [1.807, 2.05) is 0 Å². The minimum absolute atomic E-state index is 0.0448. The number of rotatable bonds is 3. The van der Waals surface area contributed by atoms with Gasteiger partial charge in [0.2, 0.25) is 0 Å². The first kappa shape index (κ1) is 11.6. The van der Waals surface area contributed by atoms with Crippen molar-refractivity contribution in [3.8, 4) is 0 Å². The van der Waals surface area contributed by atoms with Crippen LogP contribution in [0.3, 0.4) is 0 Å². The van der Waals surface area contributed by atoms with Gasteiger partial charge in [-0.2, -0.15) is 0 Å². The van der Waals surface area contributed by atoms with E-state index in [1.165, 1.54) is 6.33 Å². The number of carbonyl (C=O) groups is 2. The summed E-state index contributed by atoms with van der Waals surface area (Å²) in [6, 6.07) is 0.126. The lowest BCUT2D eigenvalue weighted by Gasteiger charge is -2.16. The zero-order chi connectivity index (χ0) is 12.4. The molecule has 6 heteroatoms. The van der Waals surface area contributed by atoms with E-state index in [2.05, 4.69) is 22.2 Å². The van der Waals surface area contributed by atoms with Crippen molar-refractivity contribution >= 4 is 11.9 Å². The van der Waals surface area contributed by atoms with Gasteiger partial charge in [0.15, 0.2) is 11.4 Å². The van der Waals surface area contributed by atoms with Crippen LogP contribution in [0.4, 0.5) is 0 Å². The highest BCUT2D eigenvalue weighted by Gasteiger charge is 2.27. The van der Waals surface area contributed by atoms with Crippen molar-refractivity contribution in [1.29, 1.82) is 0 Å². The lowest BCUT2D eigenvalue weighted by atomic mass is 10.1. The first-order valence-electron chi connectivity index (χ1n) is 5.67. The van der Waals surface area contributed by atoms with E-state index in [-0.39, 0.29) is 17.4 Å². The van der Waals surface area contributed by atoms with Crippen LogP contribution in [0.15, 0.2) is 6.33 Å². The summed E-state index contributed by atoms with van der Waals surface area (Å²) in [7, 11) is 0. The summed E-state index contributed by atoms with van der Waals surface area (Å²) in [5.41, 5.74) is -0.204. The van der Waals surface area contributed by atoms with Crippen LogP contribution in [0.1, 0.15) is 47.2 Å². The Labute approximate surface area is 98.4 Å². The molecule has 92 valence electrons. The Bertz CT molecular complexity index is 441. The van der Waals surface area contributed by atoms with Crippen LogP contribution in [0.25, 0.3) is 0 Å². The third-order valence-electron chi connectivity index (χ3n) is 3.25. The fraction of sp³-hybridized carbons (Fsp3) is 0.545. The Hall–Kier alpha value is -1.85. The van der Waals surface area contributed by atoms with E-state index >= 15 is 0 Å². The van der Waals surface area contributed by atoms with Gasteiger partial charge in [-0.3, -0.25) is 4.79 Å². The molecule has 2 unspecified atom stereocenters. The predicted molar refractivity (Wildman–Crippen MR) is 59.8 cm³/mol. The number of carboxylic acid groups (broad SMARTS) is 1. The van der Waals surface area contributed by atoms with Crippen molar-refractivity contribution in [2.45, 2.75) is 32.2 Å². The molecule has 0 aliphatic heterocycles. The first-order valence-corrected chi connectivity index (χ1v) is 5.67. The number of nitrogens with one attached hydrogen (secondary N) is 2. The Morgan fingerprint density at radius 1 is 1.53 bits per heavy atom. The number of imidazole rings is 1. The summed E-state index contributed by atoms with van der Waals surface area (Å²) in [5, 5.41) is 11.7. The molecule has 1 fully saturated rings. The van der Waals surface area contributed by atoms with Gasteiger partial charge in [-0.1, -0.05) is 13.3 Å². The summed E-state index contributed by atoms with van der Waals surface area (Å²) < 4.78 is 0. The van der Waals surface area contributed by atoms with Crippen molar-refractivity contribution in [1.82, 2.24) is 15.3 Å². The van der Waals surface area contributed by atoms with Crippen molar-refractivity contribution in [2.24, 2.45) is 5.92 Å². The number of aromatic nitrogens is 2. The molecular formula is C11H15N3O3. The minimum Gasteiger partial charge on any atom is -0.477 e. The van der Waals surface area contributed by atoms with Crippen LogP contribution < -0.4 is 5.32 Å². The van der Waals surface area contributed by atoms with E-state index in [4.69, 9.17) is 5.11 Å². The average Bonchev–Trinajstić information content (AvgIpc) is 2.87. The molecule has 0 bridgehead atoms. The van der Waals surface area contributed by atoms with Crippen LogP contribution >= 0.6 is 0 Å². The molecule has 0 saturated heterocycles. The highest BCUT2D eigenvalue weighted by molar-refractivity contribution is 6.02. The van der Waals surface area contributed by atoms with Crippen molar-refractivity contribution < 1.29 is 14.7 Å². The SMILES string of the molecule is CC1CCCC1NC(=O)c1nc[nH]c1C(=O)O. The number of aromatic amines is 1. The molecule has 0 radical (unpaired) electrons. The molecule has 0 spiro atoms. The second-order valence-corrected chi connectivity index (χ2v) is 4.42. The number of H-pyrrole nitrogens is 1. The van der Waals surface area contributed by atoms with Gasteiger partial charge >= 0.3 is 5.97 Å². The summed E-state index contributed by atoms with van der Waals surface area (Å²) in [6.07, 6.45) is 4.35. The Morgan fingerprint density at radius 2 is 2.29 bits per heavy atom. The van der Waals surface area contributed by atoms with Gasteiger partial charge in [-0.25, -0.2) is 9.78 Å². The zero-order valence-corrected chi connectivity index (χ0v) is 9.56. The van der Waals surface area contributed by atoms with Crippen LogP contribution in [0.2, 0.25) is 0 Å². The number of nitrogens with zero attached hydrogens (tertiary/aromatic N) is 1. The van der Waals surface area contributed by atoms with Gasteiger partial charge < -0.3 is 15.4 Å². The first-order chi connectivity index (χ1) is 8.09. The highest BCUT2D eigenvalue weighted by Crippen LogP contribution is 2.25. The van der Waals surface area contributed by atoms with Crippen molar-refractivity contribution in [2.75, 3.05) is 0 Å². The van der Waals surface area contributed by atoms with Crippen LogP contribution in [0, 0.1) is 5.92 Å². The largest absolute Gasteiger partial charge is 0.477 e. The van der Waals surface area contributed by atoms with Crippen molar-refractivity contribution in [3.63, 3.8) is 0 Å². The van der Waals surface area contributed by atoms with Gasteiger partial charge in [0, 0.05) is 6.04 Å². The molecule has 1 aromatic heterocycles. The molecule has 1 aliphatic rings. The molecule has 1 amide bonds. The average molecular weight is 237 g/mol. The predicted octanol–water partition coefficient (Wildman–Crippen LogP) is 1.03. The fourth-order valence-electron chi connectivity index (χ4n) is 2.23. The second kappa shape index (κ2) is 4.57. The molecule has 0 aromatic carbocycles. The second-order valence-electron chi connectivity index (χ2n) is 4.42. The molecule has 17 heavy (non-hydrogen) atoms. The standard InChI is InChI=1S/C11H15N3O3/c1-6-3-2-4-7(6)14-10(15)8-9(11(16)17)13-5-12-8/h5-7H,2-4H2,1H3,(H,12,13)(H,14,15)(H,16,17). The number of hydrogen-bond acceptors (Lipinski definition) is 3. The number of hydrogen-bond donors (Lipinski definition) is 3. The molecule has 1 aromatic rings. The number of carboxylic acids is 1. The third kappa shape index (κ3) is 2.30. The van der Waals surface area contributed by atoms with E-state index in [0.717, 1.165) is 19.3 Å². The Morgan fingerprint density at radius 3 is 2.88 bits per heavy atom. The molecule has 6 nitrogen and oxygen atoms in total. The monoisotopic (exact) mass is 237 g/mol. The van der Waals surface area contributed by atoms with E-state index in [1.54, 1.807) is 0 Å². The van der Waals surface area contributed by atoms with Gasteiger partial charge in [0.05, 0.1) is 6.33 Å². The summed E-state index contributed by atoms with van der Waals surface area (Å²) in [5.74, 6) is -1.15. The highest BCUT2D eigenvalue weighted by atomic mass is 16.4. The number of carbonyl (C=O) groups excluding carboxylic acids is 1. The third-order valence-corrected chi connectivity index (χ3v) is 3.25. The van der Waals surface area contributed by atoms with Crippen molar-refractivity contribution in [3.05, 3.63) is 17.7 Å². The van der Waals surface area contributed by atoms with Gasteiger partial charge in [-0.05, 0) is 18.8 Å². The molecule has 1 aliphatic carbocycles. The van der Waals surface area contributed by atoms with E-state index in [9.17, 15) is 9.59 Å². The molecule has 2 atom stereocenters. The van der Waals surface area contributed by atoms with Crippen LogP contribution in [-0.4, -0.2) is 33.0 Å². The molecule has 3 N–H and O–H groups in total. The molecule has 1 heterocycles. The van der Waals surface area contributed by atoms with E-state index < -0.39 is 11.9 Å². The fourth-order valence-corrected chi connectivity index (χ4v) is 2.23. The summed E-state index contributed by atoms with van der Waals surface area (Å²) in [4.78, 5) is 28.9. The molecular weight excluding hydrogens is 222 g/mol. The van der Waals surface area contributed by atoms with Crippen LogP contribution in [0.5, 0.6) is 0 Å². The molecule has 1 saturated carbocycles. The molecule has 2 rings (SSSR count). The topological polar surface area (TPSA) is 95.1 Å². The smallest absolute Gasteiger partial charge is 0.354 e. The number of amides is 1. The van der Waals surface area contributed by atoms with Gasteiger partial charge in [0.25, 0.3) is 5.91 Å². The summed E-state index contributed by atoms with van der Waals surface area (Å²) in [6.45, 7) is 2.08. The minimum atomic E-state index is -1.17. The van der Waals surface area contributed by atoms with Gasteiger partial charge in [-0.15, -0.1) is 0 Å². The lowest BCUT2D eigenvalue weighted by molar-refractivity contribution is 0.0684. The normalized spacial score (nSPS) is 23.6. The lowest BCUT2D eigenvalue weighted by Crippen LogP contribution is -2.37.